The highest BCUT2D eigenvalue weighted by atomic mass is 16.2. The van der Waals surface area contributed by atoms with Crippen molar-refractivity contribution in [2.24, 2.45) is 0 Å². The zero-order chi connectivity index (χ0) is 22.0. The Bertz CT molecular complexity index is 1070. The number of nitrogens with zero attached hydrogens (tertiary/aromatic N) is 6. The average Bonchev–Trinajstić information content (AvgIpc) is 3.10. The minimum atomic E-state index is 0.117. The van der Waals surface area contributed by atoms with Gasteiger partial charge in [-0.3, -0.25) is 9.48 Å². The van der Waals surface area contributed by atoms with Gasteiger partial charge in [0.25, 0.3) is 0 Å². The van der Waals surface area contributed by atoms with Gasteiger partial charge >= 0.3 is 0 Å². The maximum atomic E-state index is 12.8. The number of benzene rings is 1. The summed E-state index contributed by atoms with van der Waals surface area (Å²) in [6.07, 6.45) is 3.70. The van der Waals surface area contributed by atoms with E-state index in [1.54, 1.807) is 4.68 Å². The zero-order valence-electron chi connectivity index (χ0n) is 18.6. The minimum absolute atomic E-state index is 0.117. The Hall–Kier alpha value is -3.42. The van der Waals surface area contributed by atoms with Gasteiger partial charge in [-0.1, -0.05) is 11.6 Å². The second kappa shape index (κ2) is 8.75. The molecule has 1 N–H and O–H groups in total. The van der Waals surface area contributed by atoms with Crippen LogP contribution in [0.5, 0.6) is 0 Å². The third-order valence-electron chi connectivity index (χ3n) is 5.70. The number of carbonyl (C=O) groups excluding carboxylic acids is 1. The molecular weight excluding hydrogens is 390 g/mol. The first kappa shape index (κ1) is 20.8. The lowest BCUT2D eigenvalue weighted by molar-refractivity contribution is -0.132. The molecule has 0 atom stereocenters. The molecule has 3 aromatic rings. The summed E-state index contributed by atoms with van der Waals surface area (Å²) in [5.41, 5.74) is 6.40. The number of nitrogens with one attached hydrogen (secondary N) is 1. The molecule has 0 radical (unpaired) electrons. The fraction of sp³-hybridized carbons (Fsp3) is 0.391. The molecule has 1 aliphatic rings. The van der Waals surface area contributed by atoms with Gasteiger partial charge in [-0.05, 0) is 39.0 Å². The number of aryl methyl sites for hydroxylation is 3. The first-order valence-electron chi connectivity index (χ1n) is 10.6. The third kappa shape index (κ3) is 4.52. The van der Waals surface area contributed by atoms with Crippen molar-refractivity contribution in [3.8, 4) is 11.1 Å². The van der Waals surface area contributed by atoms with E-state index < -0.39 is 0 Å². The van der Waals surface area contributed by atoms with Crippen molar-refractivity contribution < 1.29 is 4.79 Å². The Kier molecular flexibility index (Phi) is 5.88. The quantitative estimate of drug-likeness (QED) is 0.685. The maximum absolute atomic E-state index is 12.8. The molecule has 3 heterocycles. The molecule has 0 aliphatic carbocycles. The van der Waals surface area contributed by atoms with Crippen LogP contribution >= 0.6 is 0 Å². The number of piperazine rings is 1. The van der Waals surface area contributed by atoms with Crippen LogP contribution in [0.25, 0.3) is 11.1 Å². The summed E-state index contributed by atoms with van der Waals surface area (Å²) in [5, 5.41) is 7.37. The molecule has 1 saturated heterocycles. The molecular formula is C23H29N7O. The molecule has 8 heteroatoms. The lowest BCUT2D eigenvalue weighted by Crippen LogP contribution is -2.49. The van der Waals surface area contributed by atoms with Crippen molar-refractivity contribution in [1.82, 2.24) is 24.6 Å². The molecule has 1 aromatic carbocycles. The van der Waals surface area contributed by atoms with Crippen LogP contribution in [0.15, 0.2) is 36.7 Å². The van der Waals surface area contributed by atoms with E-state index in [9.17, 15) is 4.79 Å². The fourth-order valence-corrected chi connectivity index (χ4v) is 4.01. The highest BCUT2D eigenvalue weighted by Gasteiger charge is 2.24. The number of anilines is 2. The summed E-state index contributed by atoms with van der Waals surface area (Å²) in [5.74, 6) is 0.721. The van der Waals surface area contributed by atoms with E-state index in [-0.39, 0.29) is 5.91 Å². The Morgan fingerprint density at radius 2 is 1.74 bits per heavy atom. The van der Waals surface area contributed by atoms with E-state index >= 15 is 0 Å². The van der Waals surface area contributed by atoms with Gasteiger partial charge in [-0.15, -0.1) is 0 Å². The van der Waals surface area contributed by atoms with Crippen LogP contribution < -0.4 is 10.2 Å². The molecule has 0 bridgehead atoms. The topological polar surface area (TPSA) is 79.2 Å². The van der Waals surface area contributed by atoms with Crippen molar-refractivity contribution >= 4 is 17.5 Å². The molecule has 0 unspecified atom stereocenters. The average molecular weight is 420 g/mol. The Balaban J connectivity index is 1.47. The monoisotopic (exact) mass is 419 g/mol. The van der Waals surface area contributed by atoms with Gasteiger partial charge in [0.1, 0.15) is 6.54 Å². The molecule has 1 amide bonds. The van der Waals surface area contributed by atoms with E-state index in [4.69, 9.17) is 0 Å². The van der Waals surface area contributed by atoms with Crippen LogP contribution in [0.1, 0.15) is 17.0 Å². The van der Waals surface area contributed by atoms with E-state index in [0.717, 1.165) is 41.3 Å². The van der Waals surface area contributed by atoms with Crippen LogP contribution in [0.4, 0.5) is 11.6 Å². The van der Waals surface area contributed by atoms with Gasteiger partial charge in [0.15, 0.2) is 0 Å². The third-order valence-corrected chi connectivity index (χ3v) is 5.70. The van der Waals surface area contributed by atoms with E-state index in [1.165, 1.54) is 5.56 Å². The van der Waals surface area contributed by atoms with Crippen LogP contribution in [0, 0.1) is 20.8 Å². The van der Waals surface area contributed by atoms with Crippen LogP contribution in [0.2, 0.25) is 0 Å². The summed E-state index contributed by atoms with van der Waals surface area (Å²) in [7, 11) is 1.81. The molecule has 1 aliphatic heterocycles. The summed E-state index contributed by atoms with van der Waals surface area (Å²) in [4.78, 5) is 25.8. The van der Waals surface area contributed by atoms with Gasteiger partial charge in [0, 0.05) is 68.1 Å². The maximum Gasteiger partial charge on any atom is 0.244 e. The molecule has 31 heavy (non-hydrogen) atoms. The molecule has 2 aromatic heterocycles. The minimum Gasteiger partial charge on any atom is -0.367 e. The SMILES string of the molecule is CNc1ncc(-c2cc(C)ccc2N2CCN(C(=O)Cn3nc(C)cc3C)CC2)cn1. The van der Waals surface area contributed by atoms with Crippen LogP contribution in [-0.2, 0) is 11.3 Å². The molecule has 8 nitrogen and oxygen atoms in total. The number of hydrogen-bond acceptors (Lipinski definition) is 6. The summed E-state index contributed by atoms with van der Waals surface area (Å²) in [6.45, 7) is 9.28. The summed E-state index contributed by atoms with van der Waals surface area (Å²) < 4.78 is 1.79. The normalized spacial score (nSPS) is 14.1. The molecule has 0 spiro atoms. The second-order valence-corrected chi connectivity index (χ2v) is 8.02. The number of aromatic nitrogens is 4. The van der Waals surface area contributed by atoms with Crippen molar-refractivity contribution in [1.29, 1.82) is 0 Å². The van der Waals surface area contributed by atoms with Gasteiger partial charge in [0.05, 0.1) is 5.69 Å². The van der Waals surface area contributed by atoms with E-state index in [1.807, 2.05) is 44.3 Å². The van der Waals surface area contributed by atoms with Crippen molar-refractivity contribution in [2.75, 3.05) is 43.4 Å². The van der Waals surface area contributed by atoms with E-state index in [2.05, 4.69) is 50.4 Å². The van der Waals surface area contributed by atoms with E-state index in [0.29, 0.717) is 25.6 Å². The first-order chi connectivity index (χ1) is 14.9. The van der Waals surface area contributed by atoms with Crippen molar-refractivity contribution in [3.05, 3.63) is 53.6 Å². The number of carbonyl (C=O) groups is 1. The van der Waals surface area contributed by atoms with Crippen LogP contribution in [0.3, 0.4) is 0 Å². The summed E-state index contributed by atoms with van der Waals surface area (Å²) in [6, 6.07) is 8.45. The Labute approximate surface area is 182 Å². The van der Waals surface area contributed by atoms with Crippen molar-refractivity contribution in [3.63, 3.8) is 0 Å². The molecule has 0 saturated carbocycles. The fourth-order valence-electron chi connectivity index (χ4n) is 4.01. The lowest BCUT2D eigenvalue weighted by Gasteiger charge is -2.37. The predicted molar refractivity (Wildman–Crippen MR) is 122 cm³/mol. The number of amides is 1. The lowest BCUT2D eigenvalue weighted by atomic mass is 10.0. The van der Waals surface area contributed by atoms with Gasteiger partial charge < -0.3 is 15.1 Å². The van der Waals surface area contributed by atoms with Crippen molar-refractivity contribution in [2.45, 2.75) is 27.3 Å². The highest BCUT2D eigenvalue weighted by Crippen LogP contribution is 2.32. The van der Waals surface area contributed by atoms with Gasteiger partial charge in [0.2, 0.25) is 11.9 Å². The molecule has 162 valence electrons. The predicted octanol–water partition coefficient (Wildman–Crippen LogP) is 2.66. The molecule has 4 rings (SSSR count). The first-order valence-corrected chi connectivity index (χ1v) is 10.6. The number of hydrogen-bond donors (Lipinski definition) is 1. The summed E-state index contributed by atoms with van der Waals surface area (Å²) >= 11 is 0. The standard InChI is InChI=1S/C23H29N7O/c1-16-5-6-21(20(11-16)19-13-25-23(24-4)26-14-19)28-7-9-29(10-8-28)22(31)15-30-18(3)12-17(2)27-30/h5-6,11-14H,7-10,15H2,1-4H3,(H,24,25,26). The smallest absolute Gasteiger partial charge is 0.244 e. The Morgan fingerprint density at radius 3 is 2.35 bits per heavy atom. The molecule has 1 fully saturated rings. The highest BCUT2D eigenvalue weighted by molar-refractivity contribution is 5.80. The zero-order valence-corrected chi connectivity index (χ0v) is 18.6. The van der Waals surface area contributed by atoms with Crippen LogP contribution in [-0.4, -0.2) is 63.8 Å². The van der Waals surface area contributed by atoms with Gasteiger partial charge in [-0.25, -0.2) is 9.97 Å². The largest absolute Gasteiger partial charge is 0.367 e. The second-order valence-electron chi connectivity index (χ2n) is 8.02. The number of rotatable bonds is 5. The van der Waals surface area contributed by atoms with Gasteiger partial charge in [-0.2, -0.15) is 5.10 Å². The Morgan fingerprint density at radius 1 is 1.03 bits per heavy atom.